The van der Waals surface area contributed by atoms with E-state index in [4.69, 9.17) is 4.74 Å². The molecule has 184 valence electrons. The summed E-state index contributed by atoms with van der Waals surface area (Å²) >= 11 is 0. The van der Waals surface area contributed by atoms with E-state index in [1.54, 1.807) is 6.07 Å². The van der Waals surface area contributed by atoms with E-state index in [2.05, 4.69) is 5.32 Å². The number of fused-ring (bicyclic) bond motifs is 1. The minimum atomic E-state index is -0.712. The molecule has 3 heterocycles. The van der Waals surface area contributed by atoms with E-state index in [0.29, 0.717) is 24.3 Å². The quantitative estimate of drug-likeness (QED) is 0.637. The van der Waals surface area contributed by atoms with Crippen LogP contribution in [0, 0.1) is 5.82 Å². The van der Waals surface area contributed by atoms with Crippen LogP contribution in [0.15, 0.2) is 12.1 Å². The molecule has 1 saturated carbocycles. The van der Waals surface area contributed by atoms with Gasteiger partial charge in [0.2, 0.25) is 11.8 Å². The van der Waals surface area contributed by atoms with E-state index in [0.717, 1.165) is 38.5 Å². The van der Waals surface area contributed by atoms with Crippen LogP contribution in [0.25, 0.3) is 0 Å². The number of hydrogen-bond donors (Lipinski definition) is 2. The molecule has 34 heavy (non-hydrogen) atoms. The number of piperidine rings is 2. The summed E-state index contributed by atoms with van der Waals surface area (Å²) in [5.74, 6) is -1.63. The molecule has 1 aromatic carbocycles. The van der Waals surface area contributed by atoms with Gasteiger partial charge >= 0.3 is 0 Å². The molecule has 0 aromatic heterocycles. The first-order valence-electron chi connectivity index (χ1n) is 12.4. The minimum absolute atomic E-state index is 0.0450. The Bertz CT molecular complexity index is 985. The van der Waals surface area contributed by atoms with Gasteiger partial charge in [-0.1, -0.05) is 19.3 Å². The molecule has 1 atom stereocenters. The van der Waals surface area contributed by atoms with Crippen molar-refractivity contribution in [2.24, 2.45) is 0 Å². The lowest BCUT2D eigenvalue weighted by Gasteiger charge is -2.42. The van der Waals surface area contributed by atoms with Gasteiger partial charge in [-0.3, -0.25) is 19.7 Å². The number of nitrogens with one attached hydrogen (secondary N) is 1. The van der Waals surface area contributed by atoms with E-state index in [1.807, 2.05) is 4.90 Å². The summed E-state index contributed by atoms with van der Waals surface area (Å²) in [4.78, 5) is 40.0. The van der Waals surface area contributed by atoms with Gasteiger partial charge in [0.05, 0.1) is 24.0 Å². The topological polar surface area (TPSA) is 99.2 Å². The van der Waals surface area contributed by atoms with Gasteiger partial charge in [0, 0.05) is 31.6 Å². The van der Waals surface area contributed by atoms with E-state index in [9.17, 15) is 19.5 Å². The third-order valence-electron chi connectivity index (χ3n) is 7.84. The summed E-state index contributed by atoms with van der Waals surface area (Å²) < 4.78 is 21.5. The normalized spacial score (nSPS) is 25.5. The first kappa shape index (κ1) is 23.2. The molecule has 2 N–H and O–H groups in total. The van der Waals surface area contributed by atoms with Crippen molar-refractivity contribution in [3.8, 4) is 0 Å². The first-order chi connectivity index (χ1) is 16.4. The number of carbonyl (C=O) groups is 3. The second-order valence-corrected chi connectivity index (χ2v) is 10.1. The number of nitrogens with zero attached hydrogens (tertiary/aromatic N) is 2. The van der Waals surface area contributed by atoms with Crippen molar-refractivity contribution in [2.75, 3.05) is 24.6 Å². The second-order valence-electron chi connectivity index (χ2n) is 10.1. The van der Waals surface area contributed by atoms with Crippen LogP contribution in [0.3, 0.4) is 0 Å². The molecule has 3 fully saturated rings. The Labute approximate surface area is 198 Å². The second kappa shape index (κ2) is 9.26. The molecule has 4 aliphatic rings. The molecule has 1 aliphatic carbocycles. The van der Waals surface area contributed by atoms with Crippen molar-refractivity contribution in [2.45, 2.75) is 82.1 Å². The Kier molecular flexibility index (Phi) is 6.33. The summed E-state index contributed by atoms with van der Waals surface area (Å²) in [7, 11) is 0. The number of anilines is 1. The van der Waals surface area contributed by atoms with Crippen molar-refractivity contribution in [3.05, 3.63) is 29.1 Å². The number of rotatable bonds is 5. The fourth-order valence-corrected chi connectivity index (χ4v) is 5.90. The van der Waals surface area contributed by atoms with Gasteiger partial charge in [0.15, 0.2) is 0 Å². The minimum Gasteiger partial charge on any atom is -0.393 e. The number of amides is 3. The summed E-state index contributed by atoms with van der Waals surface area (Å²) in [6.07, 6.45) is 7.13. The lowest BCUT2D eigenvalue weighted by molar-refractivity contribution is -0.142. The smallest absolute Gasteiger partial charge is 0.255 e. The van der Waals surface area contributed by atoms with Gasteiger partial charge in [-0.15, -0.1) is 0 Å². The zero-order valence-corrected chi connectivity index (χ0v) is 19.4. The average Bonchev–Trinajstić information content (AvgIpc) is 3.15. The van der Waals surface area contributed by atoms with Gasteiger partial charge in [0.25, 0.3) is 5.91 Å². The van der Waals surface area contributed by atoms with Crippen molar-refractivity contribution in [1.29, 1.82) is 0 Å². The molecular weight excluding hydrogens is 441 g/mol. The largest absolute Gasteiger partial charge is 0.393 e. The Hall–Kier alpha value is -2.52. The molecule has 9 heteroatoms. The van der Waals surface area contributed by atoms with Crippen LogP contribution in [-0.4, -0.2) is 65.2 Å². The Balaban J connectivity index is 1.25. The van der Waals surface area contributed by atoms with Crippen LogP contribution < -0.4 is 10.2 Å². The van der Waals surface area contributed by atoms with Crippen molar-refractivity contribution in [1.82, 2.24) is 10.2 Å². The molecular formula is C25H32FN3O5. The van der Waals surface area contributed by atoms with Crippen LogP contribution in [-0.2, 0) is 20.9 Å². The van der Waals surface area contributed by atoms with E-state index >= 15 is 4.39 Å². The molecule has 1 unspecified atom stereocenters. The number of aliphatic hydroxyl groups excluding tert-OH is 1. The fourth-order valence-electron chi connectivity index (χ4n) is 5.90. The first-order valence-corrected chi connectivity index (χ1v) is 12.4. The predicted molar refractivity (Wildman–Crippen MR) is 122 cm³/mol. The van der Waals surface area contributed by atoms with Crippen LogP contribution in [0.5, 0.6) is 0 Å². The van der Waals surface area contributed by atoms with Crippen LogP contribution in [0.1, 0.15) is 73.7 Å². The number of benzene rings is 1. The van der Waals surface area contributed by atoms with E-state index in [-0.39, 0.29) is 49.5 Å². The Morgan fingerprint density at radius 1 is 1.09 bits per heavy atom. The lowest BCUT2D eigenvalue weighted by atomic mass is 9.85. The fraction of sp³-hybridized carbons (Fsp3) is 0.640. The monoisotopic (exact) mass is 473 g/mol. The molecule has 0 radical (unpaired) electrons. The highest BCUT2D eigenvalue weighted by atomic mass is 19.1. The molecule has 0 bridgehead atoms. The van der Waals surface area contributed by atoms with Gasteiger partial charge in [-0.05, 0) is 49.8 Å². The molecule has 0 spiro atoms. The Morgan fingerprint density at radius 3 is 2.50 bits per heavy atom. The van der Waals surface area contributed by atoms with Gasteiger partial charge in [-0.25, -0.2) is 4.39 Å². The van der Waals surface area contributed by atoms with Crippen LogP contribution >= 0.6 is 0 Å². The number of imide groups is 1. The Morgan fingerprint density at radius 2 is 1.82 bits per heavy atom. The standard InChI is InChI=1S/C25H32FN3O5/c26-19-13-18-16(14-29(24(18)33)20-4-5-22(31)27-23(20)32)12-21(19)28-10-6-17(7-11-28)34-25(15-30)8-2-1-3-9-25/h12-13,17,20,30H,1-11,14-15H2,(H,27,31,32). The summed E-state index contributed by atoms with van der Waals surface area (Å²) in [5.41, 5.74) is 1.02. The maximum atomic E-state index is 15.1. The molecule has 1 aromatic rings. The van der Waals surface area contributed by atoms with Crippen molar-refractivity contribution in [3.63, 3.8) is 0 Å². The van der Waals surface area contributed by atoms with Crippen molar-refractivity contribution >= 4 is 23.4 Å². The van der Waals surface area contributed by atoms with E-state index in [1.165, 1.54) is 17.4 Å². The van der Waals surface area contributed by atoms with Gasteiger partial charge < -0.3 is 19.6 Å². The summed E-state index contributed by atoms with van der Waals surface area (Å²) in [5, 5.41) is 12.2. The number of aliphatic hydroxyl groups is 1. The number of ether oxygens (including phenoxy) is 1. The van der Waals surface area contributed by atoms with Gasteiger partial charge in [-0.2, -0.15) is 0 Å². The average molecular weight is 474 g/mol. The maximum Gasteiger partial charge on any atom is 0.255 e. The molecule has 2 saturated heterocycles. The number of hydrogen-bond acceptors (Lipinski definition) is 6. The zero-order chi connectivity index (χ0) is 23.9. The number of carbonyl (C=O) groups excluding carboxylic acids is 3. The molecule has 3 aliphatic heterocycles. The van der Waals surface area contributed by atoms with E-state index < -0.39 is 23.4 Å². The maximum absolute atomic E-state index is 15.1. The van der Waals surface area contributed by atoms with Crippen LogP contribution in [0.2, 0.25) is 0 Å². The third-order valence-corrected chi connectivity index (χ3v) is 7.84. The number of halogens is 1. The zero-order valence-electron chi connectivity index (χ0n) is 19.4. The highest BCUT2D eigenvalue weighted by Crippen LogP contribution is 2.36. The van der Waals surface area contributed by atoms with Crippen molar-refractivity contribution < 1.29 is 28.6 Å². The van der Waals surface area contributed by atoms with Crippen LogP contribution in [0.4, 0.5) is 10.1 Å². The lowest BCUT2D eigenvalue weighted by Crippen LogP contribution is -2.52. The molecule has 5 rings (SSSR count). The summed E-state index contributed by atoms with van der Waals surface area (Å²) in [6.45, 7) is 1.54. The highest BCUT2D eigenvalue weighted by Gasteiger charge is 2.40. The molecule has 3 amide bonds. The third kappa shape index (κ3) is 4.31. The predicted octanol–water partition coefficient (Wildman–Crippen LogP) is 2.27. The SMILES string of the molecule is O=C1CCC(N2Cc3cc(N4CCC(OC5(CO)CCCCC5)CC4)c(F)cc3C2=O)C(=O)N1. The highest BCUT2D eigenvalue weighted by molar-refractivity contribution is 6.05. The summed E-state index contributed by atoms with van der Waals surface area (Å²) in [6, 6.07) is 2.30. The molecule has 8 nitrogen and oxygen atoms in total. The van der Waals surface area contributed by atoms with Gasteiger partial charge in [0.1, 0.15) is 11.9 Å².